The molecule has 34 heavy (non-hydrogen) atoms. The van der Waals surface area contributed by atoms with Crippen molar-refractivity contribution >= 4 is 28.5 Å². The molecule has 0 unspecified atom stereocenters. The van der Waals surface area contributed by atoms with Gasteiger partial charge in [0.1, 0.15) is 11.9 Å². The van der Waals surface area contributed by atoms with Crippen LogP contribution in [0.5, 0.6) is 0 Å². The number of hydrogen-bond donors (Lipinski definition) is 2. The van der Waals surface area contributed by atoms with Crippen LogP contribution >= 0.6 is 11.6 Å². The molecule has 2 N–H and O–H groups in total. The summed E-state index contributed by atoms with van der Waals surface area (Å²) in [6.45, 7) is 1.32. The van der Waals surface area contributed by atoms with Crippen LogP contribution in [-0.2, 0) is 20.7 Å². The third-order valence-corrected chi connectivity index (χ3v) is 7.52. The molecule has 0 radical (unpaired) electrons. The Morgan fingerprint density at radius 3 is 2.76 bits per heavy atom. The SMILES string of the molecule is COCCN[C@@H]1C[C@@H]2c3[nH]c4ccccc4c3C[C@@H](C(=O)OC)N2[C@H](c2ccc(Cl)c(F)c2)C1. The summed E-state index contributed by atoms with van der Waals surface area (Å²) in [5.74, 6) is -0.728. The fraction of sp³-hybridized carbons (Fsp3) is 0.423. The van der Waals surface area contributed by atoms with Crippen molar-refractivity contribution in [2.24, 2.45) is 0 Å². The molecule has 3 heterocycles. The predicted molar refractivity (Wildman–Crippen MR) is 129 cm³/mol. The second kappa shape index (κ2) is 9.66. The van der Waals surface area contributed by atoms with E-state index in [1.807, 2.05) is 18.2 Å². The molecule has 1 saturated heterocycles. The average molecular weight is 486 g/mol. The largest absolute Gasteiger partial charge is 0.468 e. The lowest BCUT2D eigenvalue weighted by Gasteiger charge is -2.50. The number of nitrogens with zero attached hydrogens (tertiary/aromatic N) is 1. The Balaban J connectivity index is 1.62. The Morgan fingerprint density at radius 2 is 2.00 bits per heavy atom. The van der Waals surface area contributed by atoms with Gasteiger partial charge in [-0.3, -0.25) is 9.69 Å². The van der Waals surface area contributed by atoms with Crippen LogP contribution in [0.2, 0.25) is 5.02 Å². The smallest absolute Gasteiger partial charge is 0.323 e. The molecule has 2 aromatic carbocycles. The van der Waals surface area contributed by atoms with Crippen molar-refractivity contribution in [2.45, 2.75) is 43.4 Å². The van der Waals surface area contributed by atoms with E-state index in [4.69, 9.17) is 21.1 Å². The van der Waals surface area contributed by atoms with E-state index < -0.39 is 11.9 Å². The van der Waals surface area contributed by atoms with Crippen molar-refractivity contribution in [3.05, 3.63) is 70.1 Å². The van der Waals surface area contributed by atoms with Gasteiger partial charge in [-0.15, -0.1) is 0 Å². The summed E-state index contributed by atoms with van der Waals surface area (Å²) < 4.78 is 25.0. The molecule has 180 valence electrons. The molecule has 0 aliphatic carbocycles. The van der Waals surface area contributed by atoms with Crippen LogP contribution in [0.4, 0.5) is 4.39 Å². The summed E-state index contributed by atoms with van der Waals surface area (Å²) in [6, 6.07) is 12.6. The highest BCUT2D eigenvalue weighted by molar-refractivity contribution is 6.30. The number of halogens is 2. The van der Waals surface area contributed by atoms with Gasteiger partial charge < -0.3 is 19.8 Å². The molecule has 0 saturated carbocycles. The van der Waals surface area contributed by atoms with Crippen LogP contribution in [0.3, 0.4) is 0 Å². The Labute approximate surface area is 203 Å². The Morgan fingerprint density at radius 1 is 1.21 bits per heavy atom. The van der Waals surface area contributed by atoms with Gasteiger partial charge in [-0.1, -0.05) is 35.9 Å². The van der Waals surface area contributed by atoms with E-state index in [2.05, 4.69) is 27.3 Å². The first-order chi connectivity index (χ1) is 16.5. The van der Waals surface area contributed by atoms with Gasteiger partial charge in [-0.2, -0.15) is 0 Å². The molecule has 2 aliphatic heterocycles. The van der Waals surface area contributed by atoms with E-state index in [0.717, 1.165) is 47.1 Å². The number of methoxy groups -OCH3 is 2. The summed E-state index contributed by atoms with van der Waals surface area (Å²) >= 11 is 5.99. The van der Waals surface area contributed by atoms with Gasteiger partial charge in [-0.25, -0.2) is 4.39 Å². The lowest BCUT2D eigenvalue weighted by Crippen LogP contribution is -2.55. The molecule has 6 nitrogen and oxygen atoms in total. The number of carbonyl (C=O) groups is 1. The summed E-state index contributed by atoms with van der Waals surface area (Å²) in [5, 5.41) is 4.83. The highest BCUT2D eigenvalue weighted by Crippen LogP contribution is 2.49. The number of aromatic nitrogens is 1. The molecule has 0 spiro atoms. The molecule has 3 aromatic rings. The standard InChI is InChI=1S/C26H29ClFN3O3/c1-33-10-9-29-16-12-22(15-7-8-19(27)20(28)11-15)31-23(13-16)25-18(14-24(31)26(32)34-2)17-5-3-4-6-21(17)30-25/h3-8,11,16,22-24,29-30H,9-10,12-14H2,1-2H3/t16-,22-,23+,24-/m0/s1. The normalized spacial score (nSPS) is 24.6. The zero-order chi connectivity index (χ0) is 23.8. The number of H-pyrrole nitrogens is 1. The minimum absolute atomic E-state index is 0.0576. The van der Waals surface area contributed by atoms with Gasteiger partial charge in [-0.05, 0) is 42.2 Å². The van der Waals surface area contributed by atoms with Crippen LogP contribution in [-0.4, -0.2) is 55.3 Å². The molecule has 0 amide bonds. The number of benzene rings is 2. The van der Waals surface area contributed by atoms with Gasteiger partial charge in [0.15, 0.2) is 0 Å². The van der Waals surface area contributed by atoms with Gasteiger partial charge >= 0.3 is 5.97 Å². The number of piperidine rings is 1. The van der Waals surface area contributed by atoms with E-state index in [1.54, 1.807) is 13.2 Å². The summed E-state index contributed by atoms with van der Waals surface area (Å²) in [7, 11) is 3.11. The van der Waals surface area contributed by atoms with Crippen LogP contribution in [0.15, 0.2) is 42.5 Å². The van der Waals surface area contributed by atoms with Crippen molar-refractivity contribution in [1.29, 1.82) is 0 Å². The first kappa shape index (κ1) is 23.3. The molecule has 4 atom stereocenters. The minimum Gasteiger partial charge on any atom is -0.468 e. The van der Waals surface area contributed by atoms with Crippen molar-refractivity contribution in [2.75, 3.05) is 27.4 Å². The fourth-order valence-corrected chi connectivity index (χ4v) is 5.84. The monoisotopic (exact) mass is 485 g/mol. The number of ether oxygens (including phenoxy) is 2. The second-order valence-corrected chi connectivity index (χ2v) is 9.48. The Bertz CT molecular complexity index is 1200. The minimum atomic E-state index is -0.467. The topological polar surface area (TPSA) is 66.6 Å². The number of esters is 1. The molecule has 1 fully saturated rings. The first-order valence-electron chi connectivity index (χ1n) is 11.6. The summed E-state index contributed by atoms with van der Waals surface area (Å²) in [5.41, 5.74) is 4.14. The quantitative estimate of drug-likeness (QED) is 0.396. The maximum absolute atomic E-state index is 14.5. The molecule has 1 aromatic heterocycles. The van der Waals surface area contributed by atoms with Gasteiger partial charge in [0.25, 0.3) is 0 Å². The number of carbonyl (C=O) groups excluding carboxylic acids is 1. The van der Waals surface area contributed by atoms with Crippen LogP contribution in [0.25, 0.3) is 10.9 Å². The summed E-state index contributed by atoms with van der Waals surface area (Å²) in [6.07, 6.45) is 2.07. The van der Waals surface area contributed by atoms with Crippen molar-refractivity contribution < 1.29 is 18.7 Å². The average Bonchev–Trinajstić information content (AvgIpc) is 3.23. The number of hydrogen-bond acceptors (Lipinski definition) is 5. The lowest BCUT2D eigenvalue weighted by molar-refractivity contribution is -0.152. The molecule has 2 aliphatic rings. The number of rotatable bonds is 6. The fourth-order valence-electron chi connectivity index (χ4n) is 5.72. The van der Waals surface area contributed by atoms with Gasteiger partial charge in [0.2, 0.25) is 0 Å². The molecular formula is C26H29ClFN3O3. The lowest BCUT2D eigenvalue weighted by atomic mass is 9.79. The van der Waals surface area contributed by atoms with Crippen LogP contribution in [0, 0.1) is 5.82 Å². The van der Waals surface area contributed by atoms with Crippen molar-refractivity contribution in [3.8, 4) is 0 Å². The predicted octanol–water partition coefficient (Wildman–Crippen LogP) is 4.54. The molecule has 5 rings (SSSR count). The van der Waals surface area contributed by atoms with E-state index >= 15 is 0 Å². The van der Waals surface area contributed by atoms with E-state index in [0.29, 0.717) is 13.0 Å². The second-order valence-electron chi connectivity index (χ2n) is 9.07. The van der Waals surface area contributed by atoms with E-state index in [9.17, 15) is 9.18 Å². The van der Waals surface area contributed by atoms with Crippen molar-refractivity contribution in [3.63, 3.8) is 0 Å². The number of fused-ring (bicyclic) bond motifs is 5. The third kappa shape index (κ3) is 4.11. The highest BCUT2D eigenvalue weighted by atomic mass is 35.5. The zero-order valence-electron chi connectivity index (χ0n) is 19.3. The Hall–Kier alpha value is -2.45. The van der Waals surface area contributed by atoms with E-state index in [1.165, 1.54) is 13.2 Å². The maximum Gasteiger partial charge on any atom is 0.323 e. The van der Waals surface area contributed by atoms with Crippen LogP contribution < -0.4 is 5.32 Å². The molecule has 8 heteroatoms. The summed E-state index contributed by atoms with van der Waals surface area (Å²) in [4.78, 5) is 18.9. The number of aromatic amines is 1. The molecule has 0 bridgehead atoms. The Kier molecular flexibility index (Phi) is 6.62. The van der Waals surface area contributed by atoms with E-state index in [-0.39, 0.29) is 29.1 Å². The van der Waals surface area contributed by atoms with Gasteiger partial charge in [0.05, 0.1) is 24.8 Å². The van der Waals surface area contributed by atoms with Crippen LogP contribution in [0.1, 0.15) is 41.7 Å². The highest BCUT2D eigenvalue weighted by Gasteiger charge is 2.48. The zero-order valence-corrected chi connectivity index (χ0v) is 20.1. The first-order valence-corrected chi connectivity index (χ1v) is 12.0. The number of nitrogens with one attached hydrogen (secondary N) is 2. The number of para-hydroxylation sites is 1. The van der Waals surface area contributed by atoms with Gasteiger partial charge in [0, 0.05) is 48.8 Å². The maximum atomic E-state index is 14.5. The molecular weight excluding hydrogens is 457 g/mol. The third-order valence-electron chi connectivity index (χ3n) is 7.21. The van der Waals surface area contributed by atoms with Crippen molar-refractivity contribution in [1.82, 2.24) is 15.2 Å².